The van der Waals surface area contributed by atoms with Crippen molar-refractivity contribution < 1.29 is 0 Å². The van der Waals surface area contributed by atoms with Crippen molar-refractivity contribution in [2.75, 3.05) is 6.54 Å². The highest BCUT2D eigenvalue weighted by atomic mass is 32.1. The van der Waals surface area contributed by atoms with E-state index in [0.29, 0.717) is 5.92 Å². The van der Waals surface area contributed by atoms with Crippen LogP contribution in [0.1, 0.15) is 68.5 Å². The first-order chi connectivity index (χ1) is 8.19. The lowest BCUT2D eigenvalue weighted by Gasteiger charge is -2.06. The zero-order valence-electron chi connectivity index (χ0n) is 11.7. The monoisotopic (exact) mass is 254 g/mol. The minimum Gasteiger partial charge on any atom is -0.312 e. The van der Waals surface area contributed by atoms with Crippen LogP contribution < -0.4 is 5.32 Å². The Morgan fingerprint density at radius 1 is 1.24 bits per heavy atom. The fourth-order valence-electron chi connectivity index (χ4n) is 1.82. The van der Waals surface area contributed by atoms with E-state index < -0.39 is 0 Å². The van der Waals surface area contributed by atoms with Gasteiger partial charge in [-0.2, -0.15) is 0 Å². The fourth-order valence-corrected chi connectivity index (χ4v) is 3.11. The summed E-state index contributed by atoms with van der Waals surface area (Å²) in [5.41, 5.74) is 1.31. The van der Waals surface area contributed by atoms with Gasteiger partial charge in [-0.15, -0.1) is 11.3 Å². The summed E-state index contributed by atoms with van der Waals surface area (Å²) in [6.45, 7) is 11.0. The average molecular weight is 254 g/mol. The highest BCUT2D eigenvalue weighted by Crippen LogP contribution is 2.25. The molecule has 17 heavy (non-hydrogen) atoms. The number of rotatable bonds is 8. The zero-order chi connectivity index (χ0) is 12.7. The number of unbranched alkanes of at least 4 members (excludes halogenated alkanes) is 1. The molecule has 0 spiro atoms. The molecule has 0 aliphatic rings. The first kappa shape index (κ1) is 14.7. The molecule has 0 saturated carbocycles. The zero-order valence-corrected chi connectivity index (χ0v) is 12.5. The summed E-state index contributed by atoms with van der Waals surface area (Å²) in [5, 5.41) is 4.83. The summed E-state index contributed by atoms with van der Waals surface area (Å²) in [7, 11) is 0. The second-order valence-electron chi connectivity index (χ2n) is 4.85. The van der Waals surface area contributed by atoms with Gasteiger partial charge in [-0.1, -0.05) is 34.1 Å². The van der Waals surface area contributed by atoms with Gasteiger partial charge in [-0.05, 0) is 31.7 Å². The van der Waals surface area contributed by atoms with Crippen LogP contribution in [-0.2, 0) is 13.0 Å². The Balaban J connectivity index is 2.60. The molecule has 1 rings (SSSR count). The van der Waals surface area contributed by atoms with Crippen molar-refractivity contribution in [1.29, 1.82) is 0 Å². The van der Waals surface area contributed by atoms with Crippen molar-refractivity contribution >= 4 is 11.3 Å². The van der Waals surface area contributed by atoms with Crippen LogP contribution in [-0.4, -0.2) is 11.5 Å². The number of thiazole rings is 1. The molecular weight excluding hydrogens is 228 g/mol. The molecule has 3 heteroatoms. The van der Waals surface area contributed by atoms with Crippen LogP contribution in [0.3, 0.4) is 0 Å². The second-order valence-corrected chi connectivity index (χ2v) is 6.02. The lowest BCUT2D eigenvalue weighted by Crippen LogP contribution is -2.14. The number of nitrogens with zero attached hydrogens (tertiary/aromatic N) is 1. The Morgan fingerprint density at radius 2 is 2.00 bits per heavy atom. The molecule has 0 amide bonds. The maximum absolute atomic E-state index is 4.78. The van der Waals surface area contributed by atoms with Crippen LogP contribution in [0.4, 0.5) is 0 Å². The normalized spacial score (nSPS) is 11.4. The van der Waals surface area contributed by atoms with Crippen LogP contribution in [0.5, 0.6) is 0 Å². The van der Waals surface area contributed by atoms with Crippen molar-refractivity contribution in [2.24, 2.45) is 0 Å². The van der Waals surface area contributed by atoms with E-state index in [1.165, 1.54) is 34.8 Å². The molecule has 1 aromatic rings. The van der Waals surface area contributed by atoms with Gasteiger partial charge >= 0.3 is 0 Å². The fraction of sp³-hybridized carbons (Fsp3) is 0.786. The first-order valence-corrected chi connectivity index (χ1v) is 7.69. The smallest absolute Gasteiger partial charge is 0.0931 e. The molecule has 1 aromatic heterocycles. The molecular formula is C14H26N2S. The standard InChI is InChI=1S/C14H26N2S/c1-5-7-9-15-10-12-14(11(3)4)16-13(17-12)8-6-2/h11,15H,5-10H2,1-4H3. The van der Waals surface area contributed by atoms with Gasteiger partial charge in [0.15, 0.2) is 0 Å². The summed E-state index contributed by atoms with van der Waals surface area (Å²) in [5.74, 6) is 0.542. The number of hydrogen-bond donors (Lipinski definition) is 1. The lowest BCUT2D eigenvalue weighted by atomic mass is 10.1. The molecule has 98 valence electrons. The van der Waals surface area contributed by atoms with E-state index in [4.69, 9.17) is 4.98 Å². The van der Waals surface area contributed by atoms with E-state index in [1.807, 2.05) is 11.3 Å². The summed E-state index contributed by atoms with van der Waals surface area (Å²) < 4.78 is 0. The van der Waals surface area contributed by atoms with Gasteiger partial charge < -0.3 is 5.32 Å². The Hall–Kier alpha value is -0.410. The van der Waals surface area contributed by atoms with E-state index in [1.54, 1.807) is 0 Å². The summed E-state index contributed by atoms with van der Waals surface area (Å²) in [4.78, 5) is 6.22. The maximum atomic E-state index is 4.78. The van der Waals surface area contributed by atoms with Crippen LogP contribution in [0.2, 0.25) is 0 Å². The summed E-state index contributed by atoms with van der Waals surface area (Å²) in [6.07, 6.45) is 4.83. The quantitative estimate of drug-likeness (QED) is 0.706. The SMILES string of the molecule is CCCCNCc1sc(CCC)nc1C(C)C. The highest BCUT2D eigenvalue weighted by molar-refractivity contribution is 7.11. The average Bonchev–Trinajstić information content (AvgIpc) is 2.68. The highest BCUT2D eigenvalue weighted by Gasteiger charge is 2.13. The van der Waals surface area contributed by atoms with Gasteiger partial charge in [-0.25, -0.2) is 4.98 Å². The number of aromatic nitrogens is 1. The first-order valence-electron chi connectivity index (χ1n) is 6.88. The van der Waals surface area contributed by atoms with Gasteiger partial charge in [0.05, 0.1) is 10.7 Å². The molecule has 0 atom stereocenters. The molecule has 0 aliphatic heterocycles. The van der Waals surface area contributed by atoms with Crippen LogP contribution in [0.25, 0.3) is 0 Å². The molecule has 0 aliphatic carbocycles. The molecule has 1 N–H and O–H groups in total. The summed E-state index contributed by atoms with van der Waals surface area (Å²) in [6, 6.07) is 0. The lowest BCUT2D eigenvalue weighted by molar-refractivity contribution is 0.639. The Bertz CT molecular complexity index is 318. The molecule has 0 radical (unpaired) electrons. The van der Waals surface area contributed by atoms with E-state index in [-0.39, 0.29) is 0 Å². The number of hydrogen-bond acceptors (Lipinski definition) is 3. The van der Waals surface area contributed by atoms with E-state index in [2.05, 4.69) is 33.0 Å². The minimum atomic E-state index is 0.542. The Labute approximate surface area is 110 Å². The van der Waals surface area contributed by atoms with E-state index >= 15 is 0 Å². The molecule has 2 nitrogen and oxygen atoms in total. The Kier molecular flexibility index (Phi) is 6.75. The third-order valence-corrected chi connectivity index (χ3v) is 3.91. The third-order valence-electron chi connectivity index (χ3n) is 2.78. The molecule has 0 fully saturated rings. The number of aryl methyl sites for hydroxylation is 1. The Morgan fingerprint density at radius 3 is 2.59 bits per heavy atom. The largest absolute Gasteiger partial charge is 0.312 e. The van der Waals surface area contributed by atoms with Crippen LogP contribution in [0, 0.1) is 0 Å². The molecule has 0 bridgehead atoms. The van der Waals surface area contributed by atoms with Gasteiger partial charge in [0.2, 0.25) is 0 Å². The van der Waals surface area contributed by atoms with Gasteiger partial charge in [-0.3, -0.25) is 0 Å². The van der Waals surface area contributed by atoms with Crippen molar-refractivity contribution in [3.05, 3.63) is 15.6 Å². The topological polar surface area (TPSA) is 24.9 Å². The third kappa shape index (κ3) is 4.76. The van der Waals surface area contributed by atoms with Crippen LogP contribution >= 0.6 is 11.3 Å². The van der Waals surface area contributed by atoms with E-state index in [0.717, 1.165) is 19.5 Å². The molecule has 1 heterocycles. The molecule has 0 aromatic carbocycles. The predicted octanol–water partition coefficient (Wildman–Crippen LogP) is 4.11. The van der Waals surface area contributed by atoms with E-state index in [9.17, 15) is 0 Å². The van der Waals surface area contributed by atoms with Gasteiger partial charge in [0, 0.05) is 11.4 Å². The maximum Gasteiger partial charge on any atom is 0.0931 e. The molecule has 0 saturated heterocycles. The summed E-state index contributed by atoms with van der Waals surface area (Å²) >= 11 is 1.90. The van der Waals surface area contributed by atoms with Crippen molar-refractivity contribution in [3.8, 4) is 0 Å². The van der Waals surface area contributed by atoms with Crippen LogP contribution in [0.15, 0.2) is 0 Å². The second kappa shape index (κ2) is 7.83. The molecule has 0 unspecified atom stereocenters. The van der Waals surface area contributed by atoms with Gasteiger partial charge in [0.25, 0.3) is 0 Å². The number of nitrogens with one attached hydrogen (secondary N) is 1. The minimum absolute atomic E-state index is 0.542. The van der Waals surface area contributed by atoms with Gasteiger partial charge in [0.1, 0.15) is 0 Å². The predicted molar refractivity (Wildman–Crippen MR) is 76.8 cm³/mol. The van der Waals surface area contributed by atoms with Crippen molar-refractivity contribution in [3.63, 3.8) is 0 Å². The van der Waals surface area contributed by atoms with Crippen molar-refractivity contribution in [2.45, 2.75) is 65.8 Å². The van der Waals surface area contributed by atoms with Crippen molar-refractivity contribution in [1.82, 2.24) is 10.3 Å².